The minimum absolute atomic E-state index is 0.131. The molecule has 3 N–H and O–H groups in total. The minimum Gasteiger partial charge on any atom is -0.345 e. The molecular weight excluding hydrogens is 227 g/mol. The first-order valence-electron chi connectivity index (χ1n) is 4.65. The second kappa shape index (κ2) is 4.69. The highest BCUT2D eigenvalue weighted by molar-refractivity contribution is 5.86. The maximum absolute atomic E-state index is 11.8. The van der Waals surface area contributed by atoms with Crippen molar-refractivity contribution in [3.8, 4) is 0 Å². The number of rotatable bonds is 3. The van der Waals surface area contributed by atoms with Gasteiger partial charge in [-0.25, -0.2) is 0 Å². The van der Waals surface area contributed by atoms with Gasteiger partial charge in [-0.15, -0.1) is 0 Å². The van der Waals surface area contributed by atoms with Crippen LogP contribution in [-0.2, 0) is 9.59 Å². The van der Waals surface area contributed by atoms with E-state index in [2.05, 4.69) is 0 Å². The van der Waals surface area contributed by atoms with Gasteiger partial charge in [0.25, 0.3) is 0 Å². The van der Waals surface area contributed by atoms with Crippen LogP contribution in [0.1, 0.15) is 6.42 Å². The van der Waals surface area contributed by atoms with Crippen molar-refractivity contribution in [1.29, 1.82) is 0 Å². The van der Waals surface area contributed by atoms with E-state index in [0.717, 1.165) is 4.90 Å². The van der Waals surface area contributed by atoms with E-state index in [1.54, 1.807) is 5.32 Å². The van der Waals surface area contributed by atoms with Crippen molar-refractivity contribution >= 4 is 11.8 Å². The Kier molecular flexibility index (Phi) is 3.74. The standard InChI is InChI=1S/C8H12F3N3O2/c9-8(10,11)4-13-6(15)3-14-2-5(12)1-7(14)16/h5H,1-4,12H2,(H,13,15). The van der Waals surface area contributed by atoms with Crippen LogP contribution in [0.25, 0.3) is 0 Å². The summed E-state index contributed by atoms with van der Waals surface area (Å²) in [6.45, 7) is -1.55. The van der Waals surface area contributed by atoms with Crippen LogP contribution in [0.3, 0.4) is 0 Å². The Morgan fingerprint density at radius 3 is 2.62 bits per heavy atom. The fourth-order valence-electron chi connectivity index (χ4n) is 1.38. The van der Waals surface area contributed by atoms with E-state index in [-0.39, 0.29) is 31.5 Å². The maximum atomic E-state index is 11.8. The van der Waals surface area contributed by atoms with Crippen LogP contribution < -0.4 is 11.1 Å². The molecule has 0 saturated carbocycles. The van der Waals surface area contributed by atoms with Gasteiger partial charge in [0.2, 0.25) is 11.8 Å². The smallest absolute Gasteiger partial charge is 0.345 e. The zero-order valence-corrected chi connectivity index (χ0v) is 8.38. The summed E-state index contributed by atoms with van der Waals surface area (Å²) in [5.74, 6) is -1.14. The number of nitrogens with one attached hydrogen (secondary N) is 1. The van der Waals surface area contributed by atoms with Crippen LogP contribution in [0.2, 0.25) is 0 Å². The molecule has 5 nitrogen and oxygen atoms in total. The number of hydrogen-bond acceptors (Lipinski definition) is 3. The Morgan fingerprint density at radius 2 is 2.19 bits per heavy atom. The normalized spacial score (nSPS) is 21.4. The van der Waals surface area contributed by atoms with Crippen LogP contribution >= 0.6 is 0 Å². The second-order valence-corrected chi connectivity index (χ2v) is 3.63. The van der Waals surface area contributed by atoms with Gasteiger partial charge in [0, 0.05) is 19.0 Å². The van der Waals surface area contributed by atoms with E-state index in [0.29, 0.717) is 0 Å². The molecule has 0 radical (unpaired) electrons. The van der Waals surface area contributed by atoms with Gasteiger partial charge in [0.05, 0.1) is 6.54 Å². The van der Waals surface area contributed by atoms with Gasteiger partial charge < -0.3 is 16.0 Å². The monoisotopic (exact) mass is 239 g/mol. The second-order valence-electron chi connectivity index (χ2n) is 3.63. The third-order valence-corrected chi connectivity index (χ3v) is 2.06. The van der Waals surface area contributed by atoms with E-state index < -0.39 is 18.6 Å². The van der Waals surface area contributed by atoms with Crippen LogP contribution in [0.5, 0.6) is 0 Å². The van der Waals surface area contributed by atoms with Crippen LogP contribution in [0, 0.1) is 0 Å². The molecule has 1 saturated heterocycles. The number of likely N-dealkylation sites (tertiary alicyclic amines) is 1. The molecular formula is C8H12F3N3O2. The van der Waals surface area contributed by atoms with E-state index >= 15 is 0 Å². The summed E-state index contributed by atoms with van der Waals surface area (Å²) < 4.78 is 35.3. The molecule has 1 heterocycles. The Morgan fingerprint density at radius 1 is 1.56 bits per heavy atom. The fourth-order valence-corrected chi connectivity index (χ4v) is 1.38. The van der Waals surface area contributed by atoms with Crippen molar-refractivity contribution in [3.05, 3.63) is 0 Å². The molecule has 8 heteroatoms. The van der Waals surface area contributed by atoms with Crippen molar-refractivity contribution in [3.63, 3.8) is 0 Å². The van der Waals surface area contributed by atoms with Crippen molar-refractivity contribution in [1.82, 2.24) is 10.2 Å². The first kappa shape index (κ1) is 12.8. The number of nitrogens with zero attached hydrogens (tertiary/aromatic N) is 1. The SMILES string of the molecule is NC1CC(=O)N(CC(=O)NCC(F)(F)F)C1. The van der Waals surface area contributed by atoms with Crippen molar-refractivity contribution in [2.45, 2.75) is 18.6 Å². The van der Waals surface area contributed by atoms with Gasteiger partial charge >= 0.3 is 6.18 Å². The highest BCUT2D eigenvalue weighted by Gasteiger charge is 2.30. The molecule has 1 rings (SSSR count). The number of hydrogen-bond donors (Lipinski definition) is 2. The van der Waals surface area contributed by atoms with Gasteiger partial charge in [0.1, 0.15) is 6.54 Å². The van der Waals surface area contributed by atoms with Crippen molar-refractivity contribution in [2.75, 3.05) is 19.6 Å². The van der Waals surface area contributed by atoms with E-state index in [1.807, 2.05) is 0 Å². The predicted molar refractivity (Wildman–Crippen MR) is 48.2 cm³/mol. The Labute approximate surface area is 89.8 Å². The first-order valence-corrected chi connectivity index (χ1v) is 4.65. The summed E-state index contributed by atoms with van der Waals surface area (Å²) >= 11 is 0. The van der Waals surface area contributed by atoms with Crippen molar-refractivity contribution < 1.29 is 22.8 Å². The minimum atomic E-state index is -4.44. The number of carbonyl (C=O) groups is 2. The lowest BCUT2D eigenvalue weighted by Gasteiger charge is -2.15. The largest absolute Gasteiger partial charge is 0.405 e. The fraction of sp³-hybridized carbons (Fsp3) is 0.750. The molecule has 1 fully saturated rings. The molecule has 0 aromatic rings. The molecule has 0 bridgehead atoms. The summed E-state index contributed by atoms with van der Waals surface area (Å²) in [5, 5.41) is 1.69. The highest BCUT2D eigenvalue weighted by Crippen LogP contribution is 2.12. The number of nitrogens with two attached hydrogens (primary N) is 1. The molecule has 0 aromatic heterocycles. The Hall–Kier alpha value is -1.31. The van der Waals surface area contributed by atoms with E-state index in [9.17, 15) is 22.8 Å². The number of alkyl halides is 3. The summed E-state index contributed by atoms with van der Waals surface area (Å²) in [4.78, 5) is 23.4. The summed E-state index contributed by atoms with van der Waals surface area (Å²) in [7, 11) is 0. The zero-order chi connectivity index (χ0) is 12.3. The maximum Gasteiger partial charge on any atom is 0.405 e. The van der Waals surface area contributed by atoms with Gasteiger partial charge in [-0.2, -0.15) is 13.2 Å². The lowest BCUT2D eigenvalue weighted by atomic mass is 10.3. The third-order valence-electron chi connectivity index (χ3n) is 2.06. The highest BCUT2D eigenvalue weighted by atomic mass is 19.4. The summed E-state index contributed by atoms with van der Waals surface area (Å²) in [6, 6.07) is -0.345. The predicted octanol–water partition coefficient (Wildman–Crippen LogP) is -0.776. The number of amides is 2. The molecule has 92 valence electrons. The van der Waals surface area contributed by atoms with Crippen molar-refractivity contribution in [2.24, 2.45) is 5.73 Å². The average molecular weight is 239 g/mol. The topological polar surface area (TPSA) is 75.4 Å². The first-order chi connectivity index (χ1) is 7.28. The molecule has 0 aromatic carbocycles. The van der Waals surface area contributed by atoms with E-state index in [4.69, 9.17) is 5.73 Å². The molecule has 1 aliphatic rings. The lowest BCUT2D eigenvalue weighted by Crippen LogP contribution is -2.42. The molecule has 1 aliphatic heterocycles. The van der Waals surface area contributed by atoms with Crippen LogP contribution in [-0.4, -0.2) is 48.6 Å². The summed E-state index contributed by atoms with van der Waals surface area (Å²) in [5.41, 5.74) is 5.46. The Bertz CT molecular complexity index is 293. The summed E-state index contributed by atoms with van der Waals surface area (Å²) in [6.07, 6.45) is -4.31. The lowest BCUT2D eigenvalue weighted by molar-refractivity contribution is -0.141. The van der Waals surface area contributed by atoms with Gasteiger partial charge in [-0.05, 0) is 0 Å². The van der Waals surface area contributed by atoms with Gasteiger partial charge in [0.15, 0.2) is 0 Å². The van der Waals surface area contributed by atoms with Crippen LogP contribution in [0.4, 0.5) is 13.2 Å². The van der Waals surface area contributed by atoms with Gasteiger partial charge in [-0.3, -0.25) is 9.59 Å². The number of carbonyl (C=O) groups excluding carboxylic acids is 2. The molecule has 1 unspecified atom stereocenters. The average Bonchev–Trinajstić information content (AvgIpc) is 2.41. The molecule has 16 heavy (non-hydrogen) atoms. The number of halogens is 3. The quantitative estimate of drug-likeness (QED) is 0.678. The molecule has 2 amide bonds. The van der Waals surface area contributed by atoms with Crippen LogP contribution in [0.15, 0.2) is 0 Å². The molecule has 0 aliphatic carbocycles. The Balaban J connectivity index is 2.32. The zero-order valence-electron chi connectivity index (χ0n) is 8.38. The molecule has 1 atom stereocenters. The molecule has 0 spiro atoms. The third kappa shape index (κ3) is 4.05. The van der Waals surface area contributed by atoms with Gasteiger partial charge in [-0.1, -0.05) is 0 Å². The van der Waals surface area contributed by atoms with E-state index in [1.165, 1.54) is 0 Å².